The third-order valence-corrected chi connectivity index (χ3v) is 1.54. The third kappa shape index (κ3) is 2.17. The van der Waals surface area contributed by atoms with E-state index >= 15 is 0 Å². The average Bonchev–Trinajstić information content (AvgIpc) is 2.04. The van der Waals surface area contributed by atoms with Crippen LogP contribution in [-0.2, 0) is 13.0 Å². The van der Waals surface area contributed by atoms with Crippen molar-refractivity contribution in [1.29, 1.82) is 0 Å². The first kappa shape index (κ1) is 8.93. The highest BCUT2D eigenvalue weighted by Gasteiger charge is 1.97. The highest BCUT2D eigenvalue weighted by molar-refractivity contribution is 5.02. The summed E-state index contributed by atoms with van der Waals surface area (Å²) in [6.07, 6.45) is 1.76. The van der Waals surface area contributed by atoms with Crippen molar-refractivity contribution in [1.82, 2.24) is 9.97 Å². The minimum Gasteiger partial charge on any atom is -0.325 e. The number of nitrogens with zero attached hydrogens (tertiary/aromatic N) is 1. The summed E-state index contributed by atoms with van der Waals surface area (Å²) in [7, 11) is 0. The normalized spacial score (nSPS) is 10.2. The molecule has 0 saturated carbocycles. The number of nitrogens with one attached hydrogen (secondary N) is 1. The Balaban J connectivity index is 2.98. The first-order valence-corrected chi connectivity index (χ1v) is 4.05. The molecule has 0 fully saturated rings. The minimum atomic E-state index is -0.117. The second kappa shape index (κ2) is 4.01. The molecule has 0 amide bonds. The summed E-state index contributed by atoms with van der Waals surface area (Å²) in [5, 5.41) is 0. The summed E-state index contributed by atoms with van der Waals surface area (Å²) in [4.78, 5) is 17.8. The van der Waals surface area contributed by atoms with E-state index in [2.05, 4.69) is 9.97 Å². The molecule has 0 unspecified atom stereocenters. The van der Waals surface area contributed by atoms with Crippen molar-refractivity contribution in [3.8, 4) is 0 Å². The lowest BCUT2D eigenvalue weighted by Crippen LogP contribution is -2.14. The largest absolute Gasteiger partial charge is 0.325 e. The predicted molar refractivity (Wildman–Crippen MR) is 46.7 cm³/mol. The van der Waals surface area contributed by atoms with Crippen molar-refractivity contribution in [2.45, 2.75) is 26.3 Å². The van der Waals surface area contributed by atoms with Crippen molar-refractivity contribution >= 4 is 0 Å². The van der Waals surface area contributed by atoms with Gasteiger partial charge in [-0.3, -0.25) is 4.79 Å². The van der Waals surface area contributed by atoms with Gasteiger partial charge in [0.15, 0.2) is 0 Å². The minimum absolute atomic E-state index is 0.117. The average molecular weight is 167 g/mol. The van der Waals surface area contributed by atoms with E-state index in [1.807, 2.05) is 6.92 Å². The van der Waals surface area contributed by atoms with Gasteiger partial charge in [-0.1, -0.05) is 6.92 Å². The predicted octanol–water partition coefficient (Wildman–Crippen LogP) is 0.181. The van der Waals surface area contributed by atoms with Crippen molar-refractivity contribution in [3.05, 3.63) is 27.9 Å². The van der Waals surface area contributed by atoms with Crippen molar-refractivity contribution < 1.29 is 0 Å². The lowest BCUT2D eigenvalue weighted by atomic mass is 10.3. The van der Waals surface area contributed by atoms with Crippen LogP contribution in [0, 0.1) is 0 Å². The molecule has 0 aliphatic carbocycles. The number of rotatable bonds is 3. The van der Waals surface area contributed by atoms with E-state index in [1.54, 1.807) is 0 Å². The Morgan fingerprint density at radius 1 is 1.67 bits per heavy atom. The molecule has 1 rings (SSSR count). The molecule has 66 valence electrons. The van der Waals surface area contributed by atoms with E-state index < -0.39 is 0 Å². The van der Waals surface area contributed by atoms with Gasteiger partial charge < -0.3 is 10.7 Å². The number of hydrogen-bond donors (Lipinski definition) is 2. The molecule has 0 radical (unpaired) electrons. The number of aromatic amines is 1. The number of aromatic nitrogens is 2. The summed E-state index contributed by atoms with van der Waals surface area (Å²) < 4.78 is 0. The van der Waals surface area contributed by atoms with Crippen LogP contribution in [0.1, 0.15) is 24.9 Å². The molecule has 1 aromatic heterocycles. The highest BCUT2D eigenvalue weighted by atomic mass is 16.1. The molecule has 0 spiro atoms. The fraction of sp³-hybridized carbons (Fsp3) is 0.500. The summed E-state index contributed by atoms with van der Waals surface area (Å²) in [5.74, 6) is 0.727. The standard InChI is InChI=1S/C8H13N3O/c1-2-3-7-10-6(5-9)4-8(12)11-7/h4H,2-3,5,9H2,1H3,(H,10,11,12). The van der Waals surface area contributed by atoms with Crippen LogP contribution in [-0.4, -0.2) is 9.97 Å². The van der Waals surface area contributed by atoms with Gasteiger partial charge >= 0.3 is 0 Å². The van der Waals surface area contributed by atoms with Crippen LogP contribution in [0.25, 0.3) is 0 Å². The van der Waals surface area contributed by atoms with Crippen LogP contribution in [0.4, 0.5) is 0 Å². The Bertz CT molecular complexity index is 305. The van der Waals surface area contributed by atoms with Gasteiger partial charge in [0.25, 0.3) is 5.56 Å². The third-order valence-electron chi connectivity index (χ3n) is 1.54. The molecule has 1 aromatic rings. The molecule has 0 saturated heterocycles. The Morgan fingerprint density at radius 2 is 2.42 bits per heavy atom. The fourth-order valence-electron chi connectivity index (χ4n) is 1.02. The molecule has 4 heteroatoms. The van der Waals surface area contributed by atoms with Gasteiger partial charge in [-0.15, -0.1) is 0 Å². The van der Waals surface area contributed by atoms with Crippen molar-refractivity contribution in [2.24, 2.45) is 5.73 Å². The van der Waals surface area contributed by atoms with Gasteiger partial charge in [0.1, 0.15) is 5.82 Å². The van der Waals surface area contributed by atoms with Crippen molar-refractivity contribution in [2.75, 3.05) is 0 Å². The molecule has 3 N–H and O–H groups in total. The summed E-state index contributed by atoms with van der Waals surface area (Å²) in [6.45, 7) is 2.36. The maximum Gasteiger partial charge on any atom is 0.251 e. The molecule has 4 nitrogen and oxygen atoms in total. The van der Waals surface area contributed by atoms with Gasteiger partial charge in [-0.05, 0) is 6.42 Å². The Labute approximate surface area is 70.8 Å². The zero-order chi connectivity index (χ0) is 8.97. The number of hydrogen-bond acceptors (Lipinski definition) is 3. The Morgan fingerprint density at radius 3 is 3.00 bits per heavy atom. The van der Waals surface area contributed by atoms with Crippen LogP contribution >= 0.6 is 0 Å². The molecule has 0 aliphatic heterocycles. The van der Waals surface area contributed by atoms with Crippen LogP contribution in [0.5, 0.6) is 0 Å². The van der Waals surface area contributed by atoms with E-state index in [0.717, 1.165) is 18.7 Å². The summed E-state index contributed by atoms with van der Waals surface area (Å²) in [6, 6.07) is 1.43. The first-order chi connectivity index (χ1) is 5.76. The number of H-pyrrole nitrogens is 1. The maximum absolute atomic E-state index is 11.0. The first-order valence-electron chi connectivity index (χ1n) is 4.05. The highest BCUT2D eigenvalue weighted by Crippen LogP contribution is 1.94. The zero-order valence-electron chi connectivity index (χ0n) is 7.13. The summed E-state index contributed by atoms with van der Waals surface area (Å²) >= 11 is 0. The van der Waals surface area contributed by atoms with Gasteiger partial charge in [-0.25, -0.2) is 4.98 Å². The second-order valence-electron chi connectivity index (χ2n) is 2.64. The molecular weight excluding hydrogens is 154 g/mol. The molecule has 0 bridgehead atoms. The lowest BCUT2D eigenvalue weighted by Gasteiger charge is -1.99. The molecular formula is C8H13N3O. The van der Waals surface area contributed by atoms with E-state index in [9.17, 15) is 4.79 Å². The smallest absolute Gasteiger partial charge is 0.251 e. The number of nitrogens with two attached hydrogens (primary N) is 1. The van der Waals surface area contributed by atoms with E-state index in [4.69, 9.17) is 5.73 Å². The topological polar surface area (TPSA) is 71.8 Å². The molecule has 0 aliphatic rings. The second-order valence-corrected chi connectivity index (χ2v) is 2.64. The Kier molecular flexibility index (Phi) is 2.99. The van der Waals surface area contributed by atoms with E-state index in [-0.39, 0.29) is 5.56 Å². The summed E-state index contributed by atoms with van der Waals surface area (Å²) in [5.41, 5.74) is 5.91. The van der Waals surface area contributed by atoms with Gasteiger partial charge in [0.05, 0.1) is 5.69 Å². The van der Waals surface area contributed by atoms with E-state index in [1.165, 1.54) is 6.07 Å². The molecule has 0 aromatic carbocycles. The lowest BCUT2D eigenvalue weighted by molar-refractivity contribution is 0.799. The SMILES string of the molecule is CCCc1nc(CN)cc(=O)[nH]1. The molecule has 12 heavy (non-hydrogen) atoms. The monoisotopic (exact) mass is 167 g/mol. The van der Waals surface area contributed by atoms with Crippen molar-refractivity contribution in [3.63, 3.8) is 0 Å². The van der Waals surface area contributed by atoms with Crippen LogP contribution in [0.2, 0.25) is 0 Å². The maximum atomic E-state index is 11.0. The van der Waals surface area contributed by atoms with Crippen LogP contribution in [0.15, 0.2) is 10.9 Å². The van der Waals surface area contributed by atoms with E-state index in [0.29, 0.717) is 12.2 Å². The van der Waals surface area contributed by atoms with Gasteiger partial charge in [0.2, 0.25) is 0 Å². The quantitative estimate of drug-likeness (QED) is 0.674. The Hall–Kier alpha value is -1.16. The number of aryl methyl sites for hydroxylation is 1. The van der Waals surface area contributed by atoms with Crippen LogP contribution in [0.3, 0.4) is 0 Å². The van der Waals surface area contributed by atoms with Gasteiger partial charge in [-0.2, -0.15) is 0 Å². The fourth-order valence-corrected chi connectivity index (χ4v) is 1.02. The zero-order valence-corrected chi connectivity index (χ0v) is 7.13. The molecule has 0 atom stereocenters. The van der Waals surface area contributed by atoms with Crippen LogP contribution < -0.4 is 11.3 Å². The molecule has 1 heterocycles. The van der Waals surface area contributed by atoms with Gasteiger partial charge in [0, 0.05) is 19.0 Å².